The summed E-state index contributed by atoms with van der Waals surface area (Å²) in [6.45, 7) is 6.88. The van der Waals surface area contributed by atoms with Crippen LogP contribution in [-0.4, -0.2) is 15.6 Å². The maximum Gasteiger partial charge on any atom is 0.260 e. The highest BCUT2D eigenvalue weighted by Gasteiger charge is 2.10. The van der Waals surface area contributed by atoms with Gasteiger partial charge < -0.3 is 9.88 Å². The summed E-state index contributed by atoms with van der Waals surface area (Å²) in [6.07, 6.45) is 2.85. The van der Waals surface area contributed by atoms with E-state index < -0.39 is 0 Å². The van der Waals surface area contributed by atoms with Gasteiger partial charge in [-0.05, 0) is 32.4 Å². The van der Waals surface area contributed by atoms with E-state index in [1.54, 1.807) is 10.8 Å². The molecule has 2 aromatic heterocycles. The molecule has 2 aromatic rings. The molecule has 0 spiro atoms. The maximum atomic E-state index is 12.2. The van der Waals surface area contributed by atoms with Crippen molar-refractivity contribution in [3.05, 3.63) is 34.1 Å². The van der Waals surface area contributed by atoms with Crippen LogP contribution in [0.1, 0.15) is 27.2 Å². The Hall–Kier alpha value is -1.62. The van der Waals surface area contributed by atoms with Gasteiger partial charge in [-0.2, -0.15) is 0 Å². The third-order valence-corrected chi connectivity index (χ3v) is 3.90. The van der Waals surface area contributed by atoms with Crippen molar-refractivity contribution in [2.24, 2.45) is 0 Å². The normalized spacial score (nSPS) is 12.4. The summed E-state index contributed by atoms with van der Waals surface area (Å²) in [6, 6.07) is 4.11. The first-order chi connectivity index (χ1) is 9.15. The summed E-state index contributed by atoms with van der Waals surface area (Å²) in [5, 5.41) is 6.13. The molecule has 1 N–H and O–H groups in total. The first-order valence-electron chi connectivity index (χ1n) is 6.57. The third kappa shape index (κ3) is 3.04. The van der Waals surface area contributed by atoms with Crippen molar-refractivity contribution in [3.63, 3.8) is 0 Å². The molecule has 5 heteroatoms. The molecule has 102 valence electrons. The molecule has 19 heavy (non-hydrogen) atoms. The van der Waals surface area contributed by atoms with Gasteiger partial charge in [-0.15, -0.1) is 11.3 Å². The zero-order valence-corrected chi connectivity index (χ0v) is 12.3. The molecule has 0 bridgehead atoms. The lowest BCUT2D eigenvalue weighted by molar-refractivity contribution is 0.728. The van der Waals surface area contributed by atoms with Gasteiger partial charge in [0.1, 0.15) is 0 Å². The molecule has 0 aliphatic heterocycles. The predicted octanol–water partition coefficient (Wildman–Crippen LogP) is 3.20. The van der Waals surface area contributed by atoms with Crippen molar-refractivity contribution >= 4 is 16.5 Å². The van der Waals surface area contributed by atoms with E-state index >= 15 is 0 Å². The highest BCUT2D eigenvalue weighted by atomic mass is 32.1. The Morgan fingerprint density at radius 3 is 2.95 bits per heavy atom. The van der Waals surface area contributed by atoms with Crippen LogP contribution in [0.5, 0.6) is 0 Å². The number of pyridine rings is 1. The van der Waals surface area contributed by atoms with Gasteiger partial charge in [0.25, 0.3) is 5.56 Å². The van der Waals surface area contributed by atoms with E-state index in [-0.39, 0.29) is 5.56 Å². The highest BCUT2D eigenvalue weighted by Crippen LogP contribution is 2.23. The Morgan fingerprint density at radius 1 is 1.47 bits per heavy atom. The third-order valence-electron chi connectivity index (χ3n) is 3.12. The van der Waals surface area contributed by atoms with Crippen molar-refractivity contribution in [1.29, 1.82) is 0 Å². The molecule has 1 unspecified atom stereocenters. The Bertz CT molecular complexity index is 603. The minimum atomic E-state index is 0.0189. The van der Waals surface area contributed by atoms with Gasteiger partial charge in [0.15, 0.2) is 5.13 Å². The fraction of sp³-hybridized carbons (Fsp3) is 0.429. The first kappa shape index (κ1) is 13.8. The lowest BCUT2D eigenvalue weighted by atomic mass is 10.2. The average molecular weight is 277 g/mol. The molecule has 1 atom stereocenters. The molecule has 2 heterocycles. The number of hydrogen-bond acceptors (Lipinski definition) is 4. The van der Waals surface area contributed by atoms with E-state index in [0.29, 0.717) is 18.2 Å². The van der Waals surface area contributed by atoms with Crippen molar-refractivity contribution < 1.29 is 0 Å². The molecule has 0 aliphatic rings. The van der Waals surface area contributed by atoms with E-state index in [2.05, 4.69) is 24.1 Å². The van der Waals surface area contributed by atoms with Gasteiger partial charge in [0.2, 0.25) is 0 Å². The maximum absolute atomic E-state index is 12.2. The second-order valence-electron chi connectivity index (χ2n) is 4.50. The summed E-state index contributed by atoms with van der Waals surface area (Å²) in [7, 11) is 0. The van der Waals surface area contributed by atoms with Crippen LogP contribution in [0.15, 0.2) is 28.5 Å². The van der Waals surface area contributed by atoms with E-state index in [0.717, 1.165) is 17.2 Å². The van der Waals surface area contributed by atoms with Crippen molar-refractivity contribution in [3.8, 4) is 11.3 Å². The zero-order valence-electron chi connectivity index (χ0n) is 11.5. The van der Waals surface area contributed by atoms with Crippen molar-refractivity contribution in [2.45, 2.75) is 39.8 Å². The average Bonchev–Trinajstić information content (AvgIpc) is 2.87. The summed E-state index contributed by atoms with van der Waals surface area (Å²) < 4.78 is 1.69. The number of rotatable bonds is 5. The van der Waals surface area contributed by atoms with Crippen LogP contribution in [-0.2, 0) is 6.54 Å². The van der Waals surface area contributed by atoms with E-state index in [4.69, 9.17) is 0 Å². The number of aryl methyl sites for hydroxylation is 1. The SMILES string of the molecule is CCC(C)Nc1nc(-c2cccn(CC)c2=O)cs1. The molecule has 0 saturated carbocycles. The largest absolute Gasteiger partial charge is 0.359 e. The second-order valence-corrected chi connectivity index (χ2v) is 5.36. The molecule has 0 aromatic carbocycles. The minimum absolute atomic E-state index is 0.0189. The molecule has 0 saturated heterocycles. The minimum Gasteiger partial charge on any atom is -0.359 e. The Morgan fingerprint density at radius 2 is 2.26 bits per heavy atom. The summed E-state index contributed by atoms with van der Waals surface area (Å²) >= 11 is 1.54. The number of nitrogens with zero attached hydrogens (tertiary/aromatic N) is 2. The van der Waals surface area contributed by atoms with Gasteiger partial charge >= 0.3 is 0 Å². The molecule has 4 nitrogen and oxygen atoms in total. The molecular formula is C14H19N3OS. The smallest absolute Gasteiger partial charge is 0.260 e. The summed E-state index contributed by atoms with van der Waals surface area (Å²) in [5.41, 5.74) is 1.44. The van der Waals surface area contributed by atoms with Crippen LogP contribution < -0.4 is 10.9 Å². The van der Waals surface area contributed by atoms with E-state index in [9.17, 15) is 4.79 Å². The molecular weight excluding hydrogens is 258 g/mol. The predicted molar refractivity (Wildman–Crippen MR) is 80.9 cm³/mol. The monoisotopic (exact) mass is 277 g/mol. The van der Waals surface area contributed by atoms with Crippen LogP contribution in [0.4, 0.5) is 5.13 Å². The molecule has 2 rings (SSSR count). The van der Waals surface area contributed by atoms with E-state index in [1.165, 1.54) is 11.3 Å². The van der Waals surface area contributed by atoms with Gasteiger partial charge in [-0.3, -0.25) is 4.79 Å². The lowest BCUT2D eigenvalue weighted by Gasteiger charge is -2.08. The fourth-order valence-electron chi connectivity index (χ4n) is 1.76. The van der Waals surface area contributed by atoms with Crippen LogP contribution in [0.25, 0.3) is 11.3 Å². The zero-order chi connectivity index (χ0) is 13.8. The van der Waals surface area contributed by atoms with Crippen LogP contribution >= 0.6 is 11.3 Å². The quantitative estimate of drug-likeness (QED) is 0.913. The van der Waals surface area contributed by atoms with Crippen molar-refractivity contribution in [1.82, 2.24) is 9.55 Å². The van der Waals surface area contributed by atoms with Gasteiger partial charge in [-0.1, -0.05) is 6.92 Å². The Kier molecular flexibility index (Phi) is 4.37. The number of anilines is 1. The summed E-state index contributed by atoms with van der Waals surface area (Å²) in [5.74, 6) is 0. The molecule has 0 fully saturated rings. The molecule has 0 radical (unpaired) electrons. The highest BCUT2D eigenvalue weighted by molar-refractivity contribution is 7.14. The van der Waals surface area contributed by atoms with E-state index in [1.807, 2.05) is 24.4 Å². The number of nitrogens with one attached hydrogen (secondary N) is 1. The van der Waals surface area contributed by atoms with Crippen LogP contribution in [0, 0.1) is 0 Å². The van der Waals surface area contributed by atoms with Gasteiger partial charge in [-0.25, -0.2) is 4.98 Å². The first-order valence-corrected chi connectivity index (χ1v) is 7.45. The lowest BCUT2D eigenvalue weighted by Crippen LogP contribution is -2.19. The van der Waals surface area contributed by atoms with Crippen LogP contribution in [0.3, 0.4) is 0 Å². The second kappa shape index (κ2) is 6.02. The number of aromatic nitrogens is 2. The van der Waals surface area contributed by atoms with Gasteiger partial charge in [0.05, 0.1) is 11.3 Å². The molecule has 0 aliphatic carbocycles. The molecule has 0 amide bonds. The topological polar surface area (TPSA) is 46.9 Å². The fourth-order valence-corrected chi connectivity index (χ4v) is 2.58. The number of thiazole rings is 1. The standard InChI is InChI=1S/C14H19N3OS/c1-4-10(3)15-14-16-12(9-19-14)11-7-6-8-17(5-2)13(11)18/h6-10H,4-5H2,1-3H3,(H,15,16). The van der Waals surface area contributed by atoms with Crippen LogP contribution in [0.2, 0.25) is 0 Å². The van der Waals surface area contributed by atoms with Crippen molar-refractivity contribution in [2.75, 3.05) is 5.32 Å². The number of hydrogen-bond donors (Lipinski definition) is 1. The Labute approximate surface area is 117 Å². The Balaban J connectivity index is 2.30. The summed E-state index contributed by atoms with van der Waals surface area (Å²) in [4.78, 5) is 16.7. The van der Waals surface area contributed by atoms with Gasteiger partial charge in [0, 0.05) is 24.2 Å².